The van der Waals surface area contributed by atoms with E-state index in [0.29, 0.717) is 10.6 Å². The number of hydrogen-bond acceptors (Lipinski definition) is 3. The second-order valence-electron chi connectivity index (χ2n) is 7.07. The molecule has 2 aromatic rings. The van der Waals surface area contributed by atoms with Crippen LogP contribution in [0.15, 0.2) is 59.5 Å². The van der Waals surface area contributed by atoms with Crippen LogP contribution in [-0.4, -0.2) is 20.4 Å². The third-order valence-corrected chi connectivity index (χ3v) is 7.36. The van der Waals surface area contributed by atoms with Gasteiger partial charge in [0.2, 0.25) is 0 Å². The lowest BCUT2D eigenvalue weighted by atomic mass is 9.88. The normalized spacial score (nSPS) is 26.5. The van der Waals surface area contributed by atoms with Gasteiger partial charge in [0, 0.05) is 5.54 Å². The minimum atomic E-state index is -2.83. The maximum Gasteiger partial charge on any atom is 0.0635 e. The van der Waals surface area contributed by atoms with Gasteiger partial charge in [-0.2, -0.15) is 10.6 Å². The highest BCUT2D eigenvalue weighted by molar-refractivity contribution is 8.24. The molecule has 0 fully saturated rings. The molecule has 3 N–H and O–H groups in total. The molecule has 1 heterocycles. The first-order valence-electron chi connectivity index (χ1n) is 9.19. The molecule has 0 radical (unpaired) electrons. The van der Waals surface area contributed by atoms with Crippen LogP contribution in [0, 0.1) is 0 Å². The molecule has 0 saturated heterocycles. The Balaban J connectivity index is 2.13. The highest BCUT2D eigenvalue weighted by atomic mass is 32.3. The van der Waals surface area contributed by atoms with Crippen molar-refractivity contribution in [2.75, 3.05) is 5.75 Å². The summed E-state index contributed by atoms with van der Waals surface area (Å²) in [7, 11) is -2.83. The third kappa shape index (κ3) is 3.77. The Morgan fingerprint density at radius 2 is 1.72 bits per heavy atom. The average molecular weight is 360 g/mol. The van der Waals surface area contributed by atoms with Gasteiger partial charge in [0.05, 0.1) is 16.7 Å². The first-order chi connectivity index (χ1) is 12.0. The lowest BCUT2D eigenvalue weighted by Gasteiger charge is -2.42. The van der Waals surface area contributed by atoms with Crippen molar-refractivity contribution in [1.82, 2.24) is 5.32 Å². The van der Waals surface area contributed by atoms with Crippen molar-refractivity contribution in [2.45, 2.75) is 56.0 Å². The molecule has 0 saturated carbocycles. The van der Waals surface area contributed by atoms with Gasteiger partial charge >= 0.3 is 0 Å². The van der Waals surface area contributed by atoms with E-state index in [4.69, 9.17) is 0 Å². The van der Waals surface area contributed by atoms with E-state index in [1.165, 1.54) is 5.56 Å². The average Bonchev–Trinajstić information content (AvgIpc) is 2.74. The molecule has 2 aromatic carbocycles. The Morgan fingerprint density at radius 1 is 1.04 bits per heavy atom. The van der Waals surface area contributed by atoms with E-state index in [-0.39, 0.29) is 11.6 Å². The topological polar surface area (TPSA) is 52.5 Å². The fourth-order valence-electron chi connectivity index (χ4n) is 3.85. The molecule has 3 rings (SSSR count). The molecule has 0 bridgehead atoms. The van der Waals surface area contributed by atoms with Crippen LogP contribution >= 0.6 is 10.6 Å². The standard InChI is InChI=1S/C21H29NO2S/c1-3-5-15-21(4-2)16-25(23,24)19-14-10-9-13-18(19)20(22-21)17-11-7-6-8-12-17/h6-14,20,22-24H,3-5,15-16H2,1-2H3/t20-,21-/m1/s1. The molecule has 0 unspecified atom stereocenters. The molecule has 0 aromatic heterocycles. The molecule has 1 aliphatic heterocycles. The lowest BCUT2D eigenvalue weighted by molar-refractivity contribution is 0.290. The summed E-state index contributed by atoms with van der Waals surface area (Å²) in [6.45, 7) is 4.33. The predicted octanol–water partition coefficient (Wildman–Crippen LogP) is 5.83. The van der Waals surface area contributed by atoms with Gasteiger partial charge < -0.3 is 0 Å². The van der Waals surface area contributed by atoms with Crippen LogP contribution < -0.4 is 5.32 Å². The second kappa shape index (κ2) is 7.50. The quantitative estimate of drug-likeness (QED) is 0.630. The van der Waals surface area contributed by atoms with Gasteiger partial charge in [0.25, 0.3) is 0 Å². The van der Waals surface area contributed by atoms with Gasteiger partial charge in [-0.3, -0.25) is 14.4 Å². The van der Waals surface area contributed by atoms with Crippen LogP contribution in [0.3, 0.4) is 0 Å². The van der Waals surface area contributed by atoms with Gasteiger partial charge in [-0.1, -0.05) is 75.2 Å². The van der Waals surface area contributed by atoms with Crippen molar-refractivity contribution in [1.29, 1.82) is 0 Å². The van der Waals surface area contributed by atoms with E-state index in [1.54, 1.807) is 0 Å². The Kier molecular flexibility index (Phi) is 5.54. The van der Waals surface area contributed by atoms with E-state index >= 15 is 0 Å². The Hall–Kier alpha value is -1.33. The first-order valence-corrected chi connectivity index (χ1v) is 10.9. The predicted molar refractivity (Wildman–Crippen MR) is 106 cm³/mol. The minimum Gasteiger partial charge on any atom is -0.299 e. The van der Waals surface area contributed by atoms with Crippen LogP contribution in [0.25, 0.3) is 0 Å². The van der Waals surface area contributed by atoms with Crippen LogP contribution in [0.5, 0.6) is 0 Å². The molecule has 25 heavy (non-hydrogen) atoms. The summed E-state index contributed by atoms with van der Waals surface area (Å²) < 4.78 is 22.1. The van der Waals surface area contributed by atoms with Gasteiger partial charge in [0.1, 0.15) is 0 Å². The van der Waals surface area contributed by atoms with E-state index in [0.717, 1.165) is 31.2 Å². The van der Waals surface area contributed by atoms with Crippen molar-refractivity contribution in [3.8, 4) is 0 Å². The van der Waals surface area contributed by atoms with Gasteiger partial charge in [0.15, 0.2) is 0 Å². The number of rotatable bonds is 5. The third-order valence-electron chi connectivity index (χ3n) is 5.33. The van der Waals surface area contributed by atoms with Crippen molar-refractivity contribution in [3.63, 3.8) is 0 Å². The summed E-state index contributed by atoms with van der Waals surface area (Å²) in [4.78, 5) is 0.697. The lowest BCUT2D eigenvalue weighted by Crippen LogP contribution is -2.49. The molecule has 0 amide bonds. The molecule has 0 aliphatic carbocycles. The minimum absolute atomic E-state index is 0.0251. The van der Waals surface area contributed by atoms with E-state index in [2.05, 4.69) is 31.3 Å². The SMILES string of the molecule is CCCC[C@]1(CC)CS(O)(O)c2ccccc2[C@@H](c2ccccc2)N1. The summed E-state index contributed by atoms with van der Waals surface area (Å²) in [6.07, 6.45) is 4.01. The smallest absolute Gasteiger partial charge is 0.0635 e. The zero-order chi connectivity index (χ0) is 17.9. The van der Waals surface area contributed by atoms with Crippen LogP contribution in [-0.2, 0) is 0 Å². The Bertz CT molecular complexity index is 704. The number of benzene rings is 2. The maximum absolute atomic E-state index is 11.0. The highest BCUT2D eigenvalue weighted by Crippen LogP contribution is 2.56. The molecule has 2 atom stereocenters. The van der Waals surface area contributed by atoms with Gasteiger partial charge in [-0.25, -0.2) is 0 Å². The van der Waals surface area contributed by atoms with Crippen LogP contribution in [0.1, 0.15) is 56.7 Å². The highest BCUT2D eigenvalue weighted by Gasteiger charge is 2.41. The van der Waals surface area contributed by atoms with E-state index in [1.807, 2.05) is 42.5 Å². The van der Waals surface area contributed by atoms with E-state index in [9.17, 15) is 9.11 Å². The summed E-state index contributed by atoms with van der Waals surface area (Å²) in [5, 5.41) is 3.84. The maximum atomic E-state index is 11.0. The second-order valence-corrected chi connectivity index (χ2v) is 9.14. The number of fused-ring (bicyclic) bond motifs is 1. The molecule has 1 aliphatic rings. The summed E-state index contributed by atoms with van der Waals surface area (Å²) in [5.41, 5.74) is 1.89. The molecular formula is C21H29NO2S. The molecule has 4 heteroatoms. The molecular weight excluding hydrogens is 330 g/mol. The van der Waals surface area contributed by atoms with Gasteiger partial charge in [-0.05, 0) is 30.0 Å². The van der Waals surface area contributed by atoms with Crippen LogP contribution in [0.4, 0.5) is 0 Å². The van der Waals surface area contributed by atoms with Crippen molar-refractivity contribution in [2.24, 2.45) is 0 Å². The van der Waals surface area contributed by atoms with Crippen molar-refractivity contribution < 1.29 is 9.11 Å². The summed E-state index contributed by atoms with van der Waals surface area (Å²) >= 11 is 0. The van der Waals surface area contributed by atoms with Crippen molar-refractivity contribution >= 4 is 10.6 Å². The fourth-order valence-corrected chi connectivity index (χ4v) is 6.07. The van der Waals surface area contributed by atoms with Crippen LogP contribution in [0.2, 0.25) is 0 Å². The number of nitrogens with one attached hydrogen (secondary N) is 1. The van der Waals surface area contributed by atoms with Crippen molar-refractivity contribution in [3.05, 3.63) is 65.7 Å². The number of hydrogen-bond donors (Lipinski definition) is 3. The molecule has 3 nitrogen and oxygen atoms in total. The molecule has 0 spiro atoms. The zero-order valence-corrected chi connectivity index (χ0v) is 15.9. The van der Waals surface area contributed by atoms with E-state index < -0.39 is 10.6 Å². The Labute approximate surface area is 152 Å². The first kappa shape index (κ1) is 18.5. The fraction of sp³-hybridized carbons (Fsp3) is 0.429. The number of unbranched alkanes of at least 4 members (excludes halogenated alkanes) is 1. The summed E-state index contributed by atoms with van der Waals surface area (Å²) in [5.74, 6) is 0.386. The molecule has 136 valence electrons. The zero-order valence-electron chi connectivity index (χ0n) is 15.1. The summed E-state index contributed by atoms with van der Waals surface area (Å²) in [6, 6.07) is 18.1. The monoisotopic (exact) mass is 359 g/mol. The Morgan fingerprint density at radius 3 is 2.40 bits per heavy atom. The van der Waals surface area contributed by atoms with Gasteiger partial charge in [-0.15, -0.1) is 0 Å². The largest absolute Gasteiger partial charge is 0.299 e.